The van der Waals surface area contributed by atoms with E-state index < -0.39 is 5.97 Å². The van der Waals surface area contributed by atoms with Crippen LogP contribution in [0.2, 0.25) is 0 Å². The van der Waals surface area contributed by atoms with E-state index in [1.807, 2.05) is 0 Å². The molecule has 0 saturated heterocycles. The molecule has 13 heavy (non-hydrogen) atoms. The van der Waals surface area contributed by atoms with Crippen molar-refractivity contribution in [2.24, 2.45) is 0 Å². The van der Waals surface area contributed by atoms with Crippen LogP contribution in [0.5, 0.6) is 5.75 Å². The Kier molecular flexibility index (Phi) is 2.69. The van der Waals surface area contributed by atoms with Gasteiger partial charge in [-0.1, -0.05) is 0 Å². The lowest BCUT2D eigenvalue weighted by Gasteiger charge is -2.03. The number of carbonyl (C=O) groups is 1. The van der Waals surface area contributed by atoms with E-state index in [1.54, 1.807) is 0 Å². The van der Waals surface area contributed by atoms with E-state index >= 15 is 0 Å². The number of aromatic nitrogens is 1. The van der Waals surface area contributed by atoms with Gasteiger partial charge in [-0.15, -0.1) is 0 Å². The summed E-state index contributed by atoms with van der Waals surface area (Å²) in [4.78, 5) is 21.4. The van der Waals surface area contributed by atoms with Crippen LogP contribution < -0.4 is 10.3 Å². The Bertz CT molecular complexity index is 369. The van der Waals surface area contributed by atoms with Crippen molar-refractivity contribution in [3.63, 3.8) is 0 Å². The van der Waals surface area contributed by atoms with Crippen molar-refractivity contribution in [3.05, 3.63) is 28.7 Å². The zero-order valence-corrected chi connectivity index (χ0v) is 7.06. The van der Waals surface area contributed by atoms with Gasteiger partial charge in [0.15, 0.2) is 0 Å². The Morgan fingerprint density at radius 1 is 1.62 bits per heavy atom. The second-order valence-corrected chi connectivity index (χ2v) is 2.43. The molecule has 0 radical (unpaired) electrons. The third-order valence-corrected chi connectivity index (χ3v) is 1.50. The number of rotatable bonds is 3. The van der Waals surface area contributed by atoms with E-state index in [0.29, 0.717) is 5.75 Å². The van der Waals surface area contributed by atoms with Gasteiger partial charge in [-0.2, -0.15) is 0 Å². The minimum absolute atomic E-state index is 0.351. The summed E-state index contributed by atoms with van der Waals surface area (Å²) in [6.07, 6.45) is 1.36. The molecule has 0 aliphatic carbocycles. The van der Waals surface area contributed by atoms with E-state index in [0.717, 1.165) is 4.57 Å². The van der Waals surface area contributed by atoms with Gasteiger partial charge in [-0.3, -0.25) is 9.59 Å². The molecule has 70 valence electrons. The topological polar surface area (TPSA) is 68.5 Å². The van der Waals surface area contributed by atoms with Gasteiger partial charge in [-0.25, -0.2) is 0 Å². The SMILES string of the molecule is COc1ccc(=O)n(CC(=O)O)c1. The molecule has 0 bridgehead atoms. The Morgan fingerprint density at radius 2 is 2.31 bits per heavy atom. The van der Waals surface area contributed by atoms with Gasteiger partial charge >= 0.3 is 5.97 Å². The largest absolute Gasteiger partial charge is 0.495 e. The first-order valence-corrected chi connectivity index (χ1v) is 3.60. The lowest BCUT2D eigenvalue weighted by Crippen LogP contribution is -2.22. The van der Waals surface area contributed by atoms with E-state index in [9.17, 15) is 9.59 Å². The molecule has 5 heteroatoms. The van der Waals surface area contributed by atoms with Crippen LogP contribution >= 0.6 is 0 Å². The normalized spacial score (nSPS) is 9.62. The van der Waals surface area contributed by atoms with Crippen molar-refractivity contribution in [2.45, 2.75) is 6.54 Å². The molecule has 0 aromatic carbocycles. The number of methoxy groups -OCH3 is 1. The molecule has 1 aromatic rings. The molecule has 0 unspecified atom stereocenters. The van der Waals surface area contributed by atoms with E-state index in [1.165, 1.54) is 25.4 Å². The number of ether oxygens (including phenoxy) is 1. The molecule has 0 saturated carbocycles. The van der Waals surface area contributed by atoms with Gasteiger partial charge in [0.25, 0.3) is 5.56 Å². The molecule has 0 fully saturated rings. The maximum absolute atomic E-state index is 11.1. The summed E-state index contributed by atoms with van der Waals surface area (Å²) < 4.78 is 5.91. The average molecular weight is 183 g/mol. The van der Waals surface area contributed by atoms with E-state index in [-0.39, 0.29) is 12.1 Å². The molecular weight excluding hydrogens is 174 g/mol. The summed E-state index contributed by atoms with van der Waals surface area (Å²) in [5.41, 5.74) is -0.358. The van der Waals surface area contributed by atoms with E-state index in [4.69, 9.17) is 9.84 Å². The van der Waals surface area contributed by atoms with Gasteiger partial charge in [0.1, 0.15) is 12.3 Å². The van der Waals surface area contributed by atoms with Crippen LogP contribution in [-0.2, 0) is 11.3 Å². The quantitative estimate of drug-likeness (QED) is 0.712. The highest BCUT2D eigenvalue weighted by atomic mass is 16.5. The molecule has 0 atom stereocenters. The summed E-state index contributed by atoms with van der Waals surface area (Å²) in [5.74, 6) is -0.601. The molecule has 1 heterocycles. The Balaban J connectivity index is 3.04. The smallest absolute Gasteiger partial charge is 0.323 e. The summed E-state index contributed by atoms with van der Waals surface area (Å²) in [7, 11) is 1.45. The van der Waals surface area contributed by atoms with Gasteiger partial charge in [0.05, 0.1) is 7.11 Å². The van der Waals surface area contributed by atoms with Crippen LogP contribution in [0.1, 0.15) is 0 Å². The monoisotopic (exact) mass is 183 g/mol. The minimum Gasteiger partial charge on any atom is -0.495 e. The lowest BCUT2D eigenvalue weighted by atomic mass is 10.4. The van der Waals surface area contributed by atoms with Crippen molar-refractivity contribution in [2.75, 3.05) is 7.11 Å². The summed E-state index contributed by atoms with van der Waals surface area (Å²) >= 11 is 0. The Morgan fingerprint density at radius 3 is 2.85 bits per heavy atom. The molecule has 1 N–H and O–H groups in total. The van der Waals surface area contributed by atoms with Gasteiger partial charge in [-0.05, 0) is 6.07 Å². The van der Waals surface area contributed by atoms with Crippen LogP contribution in [0.4, 0.5) is 0 Å². The number of hydrogen-bond acceptors (Lipinski definition) is 3. The maximum Gasteiger partial charge on any atom is 0.323 e. The first-order valence-electron chi connectivity index (χ1n) is 3.60. The lowest BCUT2D eigenvalue weighted by molar-refractivity contribution is -0.137. The highest BCUT2D eigenvalue weighted by molar-refractivity contribution is 5.66. The molecule has 5 nitrogen and oxygen atoms in total. The predicted molar refractivity (Wildman–Crippen MR) is 44.9 cm³/mol. The summed E-state index contributed by atoms with van der Waals surface area (Å²) in [6, 6.07) is 2.75. The minimum atomic E-state index is -1.06. The average Bonchev–Trinajstić information content (AvgIpc) is 2.08. The molecule has 1 aromatic heterocycles. The van der Waals surface area contributed by atoms with Crippen LogP contribution in [0.15, 0.2) is 23.1 Å². The molecule has 1 rings (SSSR count). The third-order valence-electron chi connectivity index (χ3n) is 1.50. The van der Waals surface area contributed by atoms with Crippen LogP contribution in [0.3, 0.4) is 0 Å². The number of carboxylic acid groups (broad SMARTS) is 1. The fraction of sp³-hybridized carbons (Fsp3) is 0.250. The third kappa shape index (κ3) is 2.33. The van der Waals surface area contributed by atoms with Crippen molar-refractivity contribution < 1.29 is 14.6 Å². The zero-order valence-electron chi connectivity index (χ0n) is 7.06. The fourth-order valence-corrected chi connectivity index (χ4v) is 0.899. The van der Waals surface area contributed by atoms with Gasteiger partial charge in [0, 0.05) is 12.3 Å². The maximum atomic E-state index is 11.1. The van der Waals surface area contributed by atoms with Crippen molar-refractivity contribution in [1.29, 1.82) is 0 Å². The number of pyridine rings is 1. The van der Waals surface area contributed by atoms with Crippen LogP contribution in [-0.4, -0.2) is 22.8 Å². The summed E-state index contributed by atoms with van der Waals surface area (Å²) in [5, 5.41) is 8.45. The number of hydrogen-bond donors (Lipinski definition) is 1. The van der Waals surface area contributed by atoms with Crippen LogP contribution in [0.25, 0.3) is 0 Å². The second-order valence-electron chi connectivity index (χ2n) is 2.43. The highest BCUT2D eigenvalue weighted by Gasteiger charge is 2.02. The van der Waals surface area contributed by atoms with E-state index in [2.05, 4.69) is 0 Å². The zero-order chi connectivity index (χ0) is 9.84. The van der Waals surface area contributed by atoms with Crippen molar-refractivity contribution in [3.8, 4) is 5.75 Å². The van der Waals surface area contributed by atoms with Crippen molar-refractivity contribution >= 4 is 5.97 Å². The molecule has 0 aliphatic rings. The highest BCUT2D eigenvalue weighted by Crippen LogP contribution is 2.04. The Hall–Kier alpha value is -1.78. The number of aliphatic carboxylic acids is 1. The molecule has 0 aliphatic heterocycles. The van der Waals surface area contributed by atoms with Crippen LogP contribution in [0, 0.1) is 0 Å². The standard InChI is InChI=1S/C8H9NO4/c1-13-6-2-3-7(10)9(4-6)5-8(11)12/h2-4H,5H2,1H3,(H,11,12). The molecular formula is C8H9NO4. The number of carboxylic acids is 1. The van der Waals surface area contributed by atoms with Gasteiger partial charge in [0.2, 0.25) is 0 Å². The predicted octanol–water partition coefficient (Wildman–Crippen LogP) is -0.0585. The second kappa shape index (κ2) is 3.75. The number of nitrogens with zero attached hydrogens (tertiary/aromatic N) is 1. The first kappa shape index (κ1) is 9.31. The first-order chi connectivity index (χ1) is 6.13. The molecule has 0 amide bonds. The van der Waals surface area contributed by atoms with Gasteiger partial charge < -0.3 is 14.4 Å². The fourth-order valence-electron chi connectivity index (χ4n) is 0.899. The summed E-state index contributed by atoms with van der Waals surface area (Å²) in [6.45, 7) is -0.351. The van der Waals surface area contributed by atoms with Crippen molar-refractivity contribution in [1.82, 2.24) is 4.57 Å². The molecule has 0 spiro atoms. The Labute approximate surface area is 74.2 Å².